The molecule has 0 saturated carbocycles. The van der Waals surface area contributed by atoms with Crippen molar-refractivity contribution in [3.63, 3.8) is 0 Å². The zero-order chi connectivity index (χ0) is 14.2. The molecule has 1 aromatic carbocycles. The molecule has 2 rings (SSSR count). The maximum Gasteiger partial charge on any atom is 0.138 e. The van der Waals surface area contributed by atoms with Gasteiger partial charge in [0.15, 0.2) is 0 Å². The first kappa shape index (κ1) is 15.2. The van der Waals surface area contributed by atoms with Crippen LogP contribution >= 0.6 is 11.8 Å². The molecule has 1 fully saturated rings. The number of hydrogen-bond donors (Lipinski definition) is 1. The summed E-state index contributed by atoms with van der Waals surface area (Å²) in [6, 6.07) is 8.70. The molecule has 1 aliphatic heterocycles. The van der Waals surface area contributed by atoms with Gasteiger partial charge in [0.1, 0.15) is 17.4 Å². The van der Waals surface area contributed by atoms with Gasteiger partial charge in [-0.2, -0.15) is 5.26 Å². The number of nitrogens with one attached hydrogen (secondary N) is 1. The van der Waals surface area contributed by atoms with Gasteiger partial charge in [-0.3, -0.25) is 0 Å². The molecule has 0 radical (unpaired) electrons. The van der Waals surface area contributed by atoms with E-state index in [2.05, 4.69) is 18.3 Å². The fourth-order valence-electron chi connectivity index (χ4n) is 2.50. The summed E-state index contributed by atoms with van der Waals surface area (Å²) in [6.07, 6.45) is 4.84. The van der Waals surface area contributed by atoms with E-state index < -0.39 is 0 Å². The molecule has 4 heteroatoms. The minimum absolute atomic E-state index is 0.572. The van der Waals surface area contributed by atoms with Gasteiger partial charge in [0.25, 0.3) is 0 Å². The number of rotatable bonds is 6. The van der Waals surface area contributed by atoms with Gasteiger partial charge in [0.2, 0.25) is 0 Å². The smallest absolute Gasteiger partial charge is 0.138 e. The highest BCUT2D eigenvalue weighted by Crippen LogP contribution is 2.29. The van der Waals surface area contributed by atoms with Gasteiger partial charge in [-0.05, 0) is 43.7 Å². The fourth-order valence-corrected chi connectivity index (χ4v) is 3.28. The van der Waals surface area contributed by atoms with Gasteiger partial charge in [-0.25, -0.2) is 0 Å². The van der Waals surface area contributed by atoms with Crippen molar-refractivity contribution in [1.29, 1.82) is 5.26 Å². The topological polar surface area (TPSA) is 45.0 Å². The Labute approximate surface area is 125 Å². The largest absolute Gasteiger partial charge is 0.492 e. The van der Waals surface area contributed by atoms with Crippen LogP contribution in [0.3, 0.4) is 0 Å². The lowest BCUT2D eigenvalue weighted by molar-refractivity contribution is 0.267. The first-order valence-electron chi connectivity index (χ1n) is 7.37. The minimum Gasteiger partial charge on any atom is -0.492 e. The molecule has 3 nitrogen and oxygen atoms in total. The molecule has 1 aliphatic rings. The highest BCUT2D eigenvalue weighted by molar-refractivity contribution is 7.99. The van der Waals surface area contributed by atoms with Crippen molar-refractivity contribution in [3.8, 4) is 11.8 Å². The third-order valence-electron chi connectivity index (χ3n) is 3.54. The van der Waals surface area contributed by atoms with Gasteiger partial charge < -0.3 is 10.1 Å². The first-order valence-corrected chi connectivity index (χ1v) is 8.35. The second-order valence-corrected chi connectivity index (χ2v) is 6.26. The van der Waals surface area contributed by atoms with E-state index in [0.717, 1.165) is 29.4 Å². The van der Waals surface area contributed by atoms with E-state index in [0.29, 0.717) is 18.2 Å². The number of ether oxygens (including phenoxy) is 1. The van der Waals surface area contributed by atoms with Crippen molar-refractivity contribution in [1.82, 2.24) is 5.32 Å². The lowest BCUT2D eigenvalue weighted by Gasteiger charge is -2.23. The minimum atomic E-state index is 0.572. The number of benzene rings is 1. The molecule has 0 spiro atoms. The van der Waals surface area contributed by atoms with Crippen molar-refractivity contribution in [3.05, 3.63) is 23.8 Å². The van der Waals surface area contributed by atoms with Crippen LogP contribution in [0.25, 0.3) is 0 Å². The predicted octanol–water partition coefficient (Wildman–Crippen LogP) is 3.58. The summed E-state index contributed by atoms with van der Waals surface area (Å²) in [5, 5.41) is 12.8. The average molecular weight is 290 g/mol. The maximum absolute atomic E-state index is 9.32. The highest BCUT2D eigenvalue weighted by Gasteiger charge is 2.13. The average Bonchev–Trinajstić information content (AvgIpc) is 2.49. The molecular weight excluding hydrogens is 268 g/mol. The summed E-state index contributed by atoms with van der Waals surface area (Å²) < 4.78 is 5.84. The maximum atomic E-state index is 9.32. The molecule has 1 atom stereocenters. The van der Waals surface area contributed by atoms with Crippen LogP contribution in [0.15, 0.2) is 23.1 Å². The summed E-state index contributed by atoms with van der Waals surface area (Å²) in [7, 11) is 0. The van der Waals surface area contributed by atoms with Crippen LogP contribution in [0.5, 0.6) is 5.75 Å². The molecule has 0 amide bonds. The third-order valence-corrected chi connectivity index (χ3v) is 4.48. The van der Waals surface area contributed by atoms with Crippen molar-refractivity contribution in [2.24, 2.45) is 0 Å². The summed E-state index contributed by atoms with van der Waals surface area (Å²) >= 11 is 1.69. The summed E-state index contributed by atoms with van der Waals surface area (Å²) in [6.45, 7) is 3.89. The van der Waals surface area contributed by atoms with E-state index in [1.165, 1.54) is 19.3 Å². The fraction of sp³-hybridized carbons (Fsp3) is 0.562. The lowest BCUT2D eigenvalue weighted by Crippen LogP contribution is -2.35. The highest BCUT2D eigenvalue weighted by atomic mass is 32.2. The Kier molecular flexibility index (Phi) is 6.23. The molecule has 1 unspecified atom stereocenters. The van der Waals surface area contributed by atoms with E-state index in [4.69, 9.17) is 4.74 Å². The Morgan fingerprint density at radius 3 is 3.05 bits per heavy atom. The number of nitriles is 1. The van der Waals surface area contributed by atoms with Crippen molar-refractivity contribution < 1.29 is 4.74 Å². The van der Waals surface area contributed by atoms with E-state index in [1.54, 1.807) is 11.8 Å². The van der Waals surface area contributed by atoms with Gasteiger partial charge in [0.05, 0.1) is 6.61 Å². The quantitative estimate of drug-likeness (QED) is 0.813. The summed E-state index contributed by atoms with van der Waals surface area (Å²) in [4.78, 5) is 1.02. The molecule has 1 N–H and O–H groups in total. The molecule has 1 aromatic rings. The first-order chi connectivity index (χ1) is 9.85. The van der Waals surface area contributed by atoms with E-state index in [1.807, 2.05) is 18.2 Å². The SMILES string of the molecule is CCSc1cccc(OCCC2CCCCN2)c1C#N. The molecule has 1 saturated heterocycles. The molecular formula is C16H22N2OS. The zero-order valence-corrected chi connectivity index (χ0v) is 12.8. The summed E-state index contributed by atoms with van der Waals surface area (Å²) in [5.41, 5.74) is 0.677. The molecule has 1 heterocycles. The molecule has 20 heavy (non-hydrogen) atoms. The van der Waals surface area contributed by atoms with Crippen LogP contribution < -0.4 is 10.1 Å². The van der Waals surface area contributed by atoms with Crippen LogP contribution in [-0.4, -0.2) is 24.9 Å². The third kappa shape index (κ3) is 4.16. The number of hydrogen-bond acceptors (Lipinski definition) is 4. The molecule has 108 valence electrons. The zero-order valence-electron chi connectivity index (χ0n) is 12.0. The Morgan fingerprint density at radius 2 is 2.35 bits per heavy atom. The molecule has 0 bridgehead atoms. The standard InChI is InChI=1S/C16H22N2OS/c1-2-20-16-8-5-7-15(14(16)12-17)19-11-9-13-6-3-4-10-18-13/h5,7-8,13,18H,2-4,6,9-11H2,1H3. The predicted molar refractivity (Wildman–Crippen MR) is 83.3 cm³/mol. The van der Waals surface area contributed by atoms with Crippen LogP contribution in [0, 0.1) is 11.3 Å². The Bertz CT molecular complexity index is 464. The van der Waals surface area contributed by atoms with Gasteiger partial charge in [-0.1, -0.05) is 19.4 Å². The van der Waals surface area contributed by atoms with Crippen LogP contribution in [0.1, 0.15) is 38.2 Å². The Balaban J connectivity index is 1.91. The van der Waals surface area contributed by atoms with E-state index >= 15 is 0 Å². The monoisotopic (exact) mass is 290 g/mol. The Morgan fingerprint density at radius 1 is 1.45 bits per heavy atom. The molecule has 0 aromatic heterocycles. The van der Waals surface area contributed by atoms with Crippen LogP contribution in [0.4, 0.5) is 0 Å². The number of thioether (sulfide) groups is 1. The second-order valence-electron chi connectivity index (χ2n) is 4.96. The molecule has 0 aliphatic carbocycles. The summed E-state index contributed by atoms with van der Waals surface area (Å²) in [5.74, 6) is 1.69. The van der Waals surface area contributed by atoms with Crippen LogP contribution in [0.2, 0.25) is 0 Å². The van der Waals surface area contributed by atoms with Gasteiger partial charge >= 0.3 is 0 Å². The van der Waals surface area contributed by atoms with Crippen molar-refractivity contribution in [2.45, 2.75) is 43.5 Å². The number of nitrogens with zero attached hydrogens (tertiary/aromatic N) is 1. The van der Waals surface area contributed by atoms with Crippen molar-refractivity contribution in [2.75, 3.05) is 18.9 Å². The Hall–Kier alpha value is -1.18. The second kappa shape index (κ2) is 8.18. The van der Waals surface area contributed by atoms with Crippen molar-refractivity contribution >= 4 is 11.8 Å². The van der Waals surface area contributed by atoms with E-state index in [9.17, 15) is 5.26 Å². The van der Waals surface area contributed by atoms with Gasteiger partial charge in [0, 0.05) is 10.9 Å². The van der Waals surface area contributed by atoms with Crippen LogP contribution in [-0.2, 0) is 0 Å². The normalized spacial score (nSPS) is 18.5. The number of piperidine rings is 1. The van der Waals surface area contributed by atoms with Gasteiger partial charge in [-0.15, -0.1) is 11.8 Å². The van der Waals surface area contributed by atoms with E-state index in [-0.39, 0.29) is 0 Å². The lowest BCUT2D eigenvalue weighted by atomic mass is 10.0.